The normalized spacial score (nSPS) is 37.4. The van der Waals surface area contributed by atoms with E-state index in [9.17, 15) is 5.11 Å². The summed E-state index contributed by atoms with van der Waals surface area (Å²) in [5.74, 6) is 1.71. The molecular weight excluding hydrogens is 164 g/mol. The van der Waals surface area contributed by atoms with Gasteiger partial charge < -0.3 is 9.84 Å². The van der Waals surface area contributed by atoms with Crippen molar-refractivity contribution in [3.63, 3.8) is 0 Å². The molecule has 13 heavy (non-hydrogen) atoms. The van der Waals surface area contributed by atoms with E-state index in [0.29, 0.717) is 11.8 Å². The van der Waals surface area contributed by atoms with E-state index >= 15 is 0 Å². The summed E-state index contributed by atoms with van der Waals surface area (Å²) in [4.78, 5) is 0. The molecule has 0 radical (unpaired) electrons. The van der Waals surface area contributed by atoms with Gasteiger partial charge in [0.15, 0.2) is 0 Å². The Balaban J connectivity index is 2.44. The molecule has 0 aromatic carbocycles. The third-order valence-corrected chi connectivity index (χ3v) is 3.28. The summed E-state index contributed by atoms with van der Waals surface area (Å²) in [6.45, 7) is 5.22. The zero-order chi connectivity index (χ0) is 9.84. The van der Waals surface area contributed by atoms with Crippen LogP contribution in [0.15, 0.2) is 0 Å². The lowest BCUT2D eigenvalue weighted by atomic mass is 9.75. The summed E-state index contributed by atoms with van der Waals surface area (Å²) in [5, 5.41) is 9.83. The third-order valence-electron chi connectivity index (χ3n) is 3.28. The summed E-state index contributed by atoms with van der Waals surface area (Å²) < 4.78 is 5.13. The van der Waals surface area contributed by atoms with Crippen LogP contribution in [0.4, 0.5) is 0 Å². The Labute approximate surface area is 81.3 Å². The minimum atomic E-state index is -0.0960. The summed E-state index contributed by atoms with van der Waals surface area (Å²) in [6.07, 6.45) is 3.21. The number of rotatable bonds is 3. The number of aliphatic hydroxyl groups is 1. The maximum Gasteiger partial charge on any atom is 0.0572 e. The second-order valence-corrected chi connectivity index (χ2v) is 4.58. The maximum atomic E-state index is 9.83. The van der Waals surface area contributed by atoms with Crippen molar-refractivity contribution in [1.29, 1.82) is 0 Å². The van der Waals surface area contributed by atoms with E-state index in [4.69, 9.17) is 4.74 Å². The first-order chi connectivity index (χ1) is 6.15. The monoisotopic (exact) mass is 186 g/mol. The highest BCUT2D eigenvalue weighted by Crippen LogP contribution is 2.33. The number of aliphatic hydroxyl groups excluding tert-OH is 1. The minimum Gasteiger partial charge on any atom is -0.393 e. The molecule has 0 aliphatic heterocycles. The van der Waals surface area contributed by atoms with Crippen molar-refractivity contribution >= 4 is 0 Å². The van der Waals surface area contributed by atoms with Gasteiger partial charge in [-0.25, -0.2) is 0 Å². The van der Waals surface area contributed by atoms with Crippen molar-refractivity contribution in [2.75, 3.05) is 13.7 Å². The fraction of sp³-hybridized carbons (Fsp3) is 1.00. The van der Waals surface area contributed by atoms with Gasteiger partial charge in [-0.1, -0.05) is 13.8 Å². The van der Waals surface area contributed by atoms with E-state index in [1.807, 2.05) is 0 Å². The Morgan fingerprint density at radius 2 is 2.15 bits per heavy atom. The van der Waals surface area contributed by atoms with Crippen molar-refractivity contribution < 1.29 is 9.84 Å². The van der Waals surface area contributed by atoms with Gasteiger partial charge in [0.25, 0.3) is 0 Å². The van der Waals surface area contributed by atoms with Crippen molar-refractivity contribution in [2.45, 2.75) is 39.2 Å². The second-order valence-electron chi connectivity index (χ2n) is 4.58. The average Bonchev–Trinajstić information content (AvgIpc) is 2.09. The molecular formula is C11H22O2. The van der Waals surface area contributed by atoms with Crippen molar-refractivity contribution in [1.82, 2.24) is 0 Å². The molecule has 0 heterocycles. The standard InChI is InChI=1S/C11H22O2/c1-8-4-5-11(12)10(6-8)9(2)7-13-3/h8-12H,4-7H2,1-3H3. The lowest BCUT2D eigenvalue weighted by Gasteiger charge is -2.35. The number of ether oxygens (including phenoxy) is 1. The Hall–Kier alpha value is -0.0800. The largest absolute Gasteiger partial charge is 0.393 e. The first kappa shape index (κ1) is 11.0. The fourth-order valence-electron chi connectivity index (χ4n) is 2.41. The SMILES string of the molecule is COCC(C)C1CC(C)CCC1O. The molecule has 2 nitrogen and oxygen atoms in total. The number of hydrogen-bond acceptors (Lipinski definition) is 2. The molecule has 1 saturated carbocycles. The summed E-state index contributed by atoms with van der Waals surface area (Å²) >= 11 is 0. The second kappa shape index (κ2) is 4.97. The van der Waals surface area contributed by atoms with Gasteiger partial charge in [0.05, 0.1) is 6.10 Å². The molecule has 1 aliphatic rings. The zero-order valence-corrected chi connectivity index (χ0v) is 8.99. The van der Waals surface area contributed by atoms with Crippen molar-refractivity contribution in [2.24, 2.45) is 17.8 Å². The van der Waals surface area contributed by atoms with E-state index in [1.165, 1.54) is 6.42 Å². The average molecular weight is 186 g/mol. The molecule has 1 N–H and O–H groups in total. The molecule has 1 rings (SSSR count). The summed E-state index contributed by atoms with van der Waals surface area (Å²) in [6, 6.07) is 0. The molecule has 0 amide bonds. The smallest absolute Gasteiger partial charge is 0.0572 e. The maximum absolute atomic E-state index is 9.83. The molecule has 0 aromatic rings. The van der Waals surface area contributed by atoms with Crippen LogP contribution in [-0.4, -0.2) is 24.9 Å². The van der Waals surface area contributed by atoms with Crippen LogP contribution in [0.5, 0.6) is 0 Å². The zero-order valence-electron chi connectivity index (χ0n) is 8.99. The summed E-state index contributed by atoms with van der Waals surface area (Å²) in [5.41, 5.74) is 0. The Morgan fingerprint density at radius 1 is 1.46 bits per heavy atom. The predicted octanol–water partition coefficient (Wildman–Crippen LogP) is 2.07. The van der Waals surface area contributed by atoms with E-state index in [-0.39, 0.29) is 6.10 Å². The topological polar surface area (TPSA) is 29.5 Å². The van der Waals surface area contributed by atoms with E-state index < -0.39 is 0 Å². The van der Waals surface area contributed by atoms with Gasteiger partial charge in [0, 0.05) is 13.7 Å². The number of methoxy groups -OCH3 is 1. The highest BCUT2D eigenvalue weighted by atomic mass is 16.5. The van der Waals surface area contributed by atoms with Crippen LogP contribution in [0.25, 0.3) is 0 Å². The van der Waals surface area contributed by atoms with Crippen LogP contribution in [0.1, 0.15) is 33.1 Å². The molecule has 0 aromatic heterocycles. The van der Waals surface area contributed by atoms with Gasteiger partial charge in [0.2, 0.25) is 0 Å². The highest BCUT2D eigenvalue weighted by molar-refractivity contribution is 4.81. The lowest BCUT2D eigenvalue weighted by molar-refractivity contribution is 0.00172. The van der Waals surface area contributed by atoms with Gasteiger partial charge in [0.1, 0.15) is 0 Å². The van der Waals surface area contributed by atoms with Crippen molar-refractivity contribution in [3.8, 4) is 0 Å². The van der Waals surface area contributed by atoms with Gasteiger partial charge in [-0.2, -0.15) is 0 Å². The van der Waals surface area contributed by atoms with Crippen LogP contribution in [-0.2, 0) is 4.74 Å². The van der Waals surface area contributed by atoms with Crippen LogP contribution < -0.4 is 0 Å². The molecule has 78 valence electrons. The number of hydrogen-bond donors (Lipinski definition) is 1. The third kappa shape index (κ3) is 2.96. The van der Waals surface area contributed by atoms with Crippen LogP contribution >= 0.6 is 0 Å². The molecule has 4 atom stereocenters. The van der Waals surface area contributed by atoms with E-state index in [1.54, 1.807) is 7.11 Å². The molecule has 1 aliphatic carbocycles. The predicted molar refractivity (Wildman–Crippen MR) is 53.6 cm³/mol. The molecule has 2 heteroatoms. The van der Waals surface area contributed by atoms with Crippen molar-refractivity contribution in [3.05, 3.63) is 0 Å². The first-order valence-electron chi connectivity index (χ1n) is 5.32. The van der Waals surface area contributed by atoms with E-state index in [2.05, 4.69) is 13.8 Å². The molecule has 0 saturated heterocycles. The van der Waals surface area contributed by atoms with Crippen LogP contribution in [0, 0.1) is 17.8 Å². The Kier molecular flexibility index (Phi) is 4.20. The molecule has 1 fully saturated rings. The fourth-order valence-corrected chi connectivity index (χ4v) is 2.41. The quantitative estimate of drug-likeness (QED) is 0.731. The van der Waals surface area contributed by atoms with E-state index in [0.717, 1.165) is 25.4 Å². The molecule has 0 spiro atoms. The Morgan fingerprint density at radius 3 is 2.77 bits per heavy atom. The van der Waals surface area contributed by atoms with Crippen LogP contribution in [0.3, 0.4) is 0 Å². The lowest BCUT2D eigenvalue weighted by Crippen LogP contribution is -2.34. The highest BCUT2D eigenvalue weighted by Gasteiger charge is 2.30. The van der Waals surface area contributed by atoms with Gasteiger partial charge >= 0.3 is 0 Å². The molecule has 4 unspecified atom stereocenters. The van der Waals surface area contributed by atoms with Crippen LogP contribution in [0.2, 0.25) is 0 Å². The van der Waals surface area contributed by atoms with Gasteiger partial charge in [-0.15, -0.1) is 0 Å². The summed E-state index contributed by atoms with van der Waals surface area (Å²) in [7, 11) is 1.73. The Bertz CT molecular complexity index is 147. The molecule has 0 bridgehead atoms. The minimum absolute atomic E-state index is 0.0960. The van der Waals surface area contributed by atoms with Gasteiger partial charge in [-0.3, -0.25) is 0 Å². The first-order valence-corrected chi connectivity index (χ1v) is 5.32. The van der Waals surface area contributed by atoms with Gasteiger partial charge in [-0.05, 0) is 37.0 Å².